The van der Waals surface area contributed by atoms with Crippen LogP contribution in [0.15, 0.2) is 48.5 Å². The van der Waals surface area contributed by atoms with Gasteiger partial charge in [-0.05, 0) is 30.2 Å². The van der Waals surface area contributed by atoms with E-state index in [0.29, 0.717) is 0 Å². The van der Waals surface area contributed by atoms with E-state index in [2.05, 4.69) is 16.3 Å². The van der Waals surface area contributed by atoms with Crippen LogP contribution in [0.2, 0.25) is 0 Å². The highest BCUT2D eigenvalue weighted by molar-refractivity contribution is 5.89. The number of piperazine rings is 1. The Balaban J connectivity index is 1.46. The number of carbonyl (C=O) groups is 1. The number of anilines is 1. The van der Waals surface area contributed by atoms with Crippen LogP contribution in [0.1, 0.15) is 5.56 Å². The summed E-state index contributed by atoms with van der Waals surface area (Å²) >= 11 is 0. The summed E-state index contributed by atoms with van der Waals surface area (Å²) in [5.74, 6) is 1.67. The van der Waals surface area contributed by atoms with Gasteiger partial charge in [0.15, 0.2) is 0 Å². The van der Waals surface area contributed by atoms with Gasteiger partial charge >= 0.3 is 6.03 Å². The minimum atomic E-state index is -0.0624. The van der Waals surface area contributed by atoms with Gasteiger partial charge in [-0.1, -0.05) is 24.3 Å². The lowest BCUT2D eigenvalue weighted by Gasteiger charge is -2.34. The highest BCUT2D eigenvalue weighted by Gasteiger charge is 2.21. The van der Waals surface area contributed by atoms with E-state index in [1.807, 2.05) is 47.4 Å². The molecule has 27 heavy (non-hydrogen) atoms. The van der Waals surface area contributed by atoms with E-state index in [-0.39, 0.29) is 6.03 Å². The van der Waals surface area contributed by atoms with Gasteiger partial charge in [0.05, 0.1) is 14.2 Å². The molecule has 0 atom stereocenters. The second-order valence-corrected chi connectivity index (χ2v) is 6.55. The Morgan fingerprint density at radius 2 is 1.78 bits per heavy atom. The standard InChI is InChI=1S/C21H27N3O3/c1-26-19-8-5-7-18(16-19)22-21(25)24-14-12-23(13-15-24)11-10-17-6-3-4-9-20(17)27-2/h3-9,16H,10-15H2,1-2H3,(H,22,25). The number of amides is 2. The van der Waals surface area contributed by atoms with Gasteiger partial charge in [0, 0.05) is 44.5 Å². The first-order chi connectivity index (χ1) is 13.2. The minimum Gasteiger partial charge on any atom is -0.497 e. The second-order valence-electron chi connectivity index (χ2n) is 6.55. The monoisotopic (exact) mass is 369 g/mol. The van der Waals surface area contributed by atoms with E-state index in [1.54, 1.807) is 14.2 Å². The first-order valence-corrected chi connectivity index (χ1v) is 9.24. The lowest BCUT2D eigenvalue weighted by atomic mass is 10.1. The van der Waals surface area contributed by atoms with Crippen molar-refractivity contribution in [3.05, 3.63) is 54.1 Å². The van der Waals surface area contributed by atoms with E-state index in [9.17, 15) is 4.79 Å². The van der Waals surface area contributed by atoms with Crippen molar-refractivity contribution in [3.63, 3.8) is 0 Å². The van der Waals surface area contributed by atoms with E-state index in [1.165, 1.54) is 5.56 Å². The molecule has 1 N–H and O–H groups in total. The molecule has 2 amide bonds. The summed E-state index contributed by atoms with van der Waals surface area (Å²) in [7, 11) is 3.32. The molecule has 0 aromatic heterocycles. The van der Waals surface area contributed by atoms with Crippen LogP contribution < -0.4 is 14.8 Å². The lowest BCUT2D eigenvalue weighted by Crippen LogP contribution is -2.50. The van der Waals surface area contributed by atoms with Crippen LogP contribution in [0.5, 0.6) is 11.5 Å². The number of methoxy groups -OCH3 is 2. The van der Waals surface area contributed by atoms with Crippen molar-refractivity contribution in [2.24, 2.45) is 0 Å². The number of benzene rings is 2. The van der Waals surface area contributed by atoms with E-state index < -0.39 is 0 Å². The summed E-state index contributed by atoms with van der Waals surface area (Å²) in [6.45, 7) is 4.16. The molecule has 1 fully saturated rings. The molecule has 1 heterocycles. The van der Waals surface area contributed by atoms with Gasteiger partial charge in [0.25, 0.3) is 0 Å². The molecule has 0 bridgehead atoms. The van der Waals surface area contributed by atoms with Crippen LogP contribution in [0.4, 0.5) is 10.5 Å². The summed E-state index contributed by atoms with van der Waals surface area (Å²) in [6.07, 6.45) is 0.944. The molecule has 2 aromatic rings. The summed E-state index contributed by atoms with van der Waals surface area (Å²) in [5, 5.41) is 2.95. The van der Waals surface area contributed by atoms with Gasteiger partial charge < -0.3 is 19.7 Å². The first kappa shape index (κ1) is 19.0. The summed E-state index contributed by atoms with van der Waals surface area (Å²) in [6, 6.07) is 15.5. The fourth-order valence-corrected chi connectivity index (χ4v) is 3.27. The third-order valence-corrected chi connectivity index (χ3v) is 4.87. The Morgan fingerprint density at radius 1 is 1.00 bits per heavy atom. The second kappa shape index (κ2) is 9.28. The topological polar surface area (TPSA) is 54.0 Å². The molecule has 144 valence electrons. The number of nitrogens with one attached hydrogen (secondary N) is 1. The fourth-order valence-electron chi connectivity index (χ4n) is 3.27. The predicted molar refractivity (Wildman–Crippen MR) is 107 cm³/mol. The molecule has 0 saturated carbocycles. The van der Waals surface area contributed by atoms with Crippen molar-refractivity contribution in [2.45, 2.75) is 6.42 Å². The largest absolute Gasteiger partial charge is 0.497 e. The summed E-state index contributed by atoms with van der Waals surface area (Å²) < 4.78 is 10.6. The van der Waals surface area contributed by atoms with Crippen LogP contribution in [-0.2, 0) is 6.42 Å². The number of hydrogen-bond acceptors (Lipinski definition) is 4. The van der Waals surface area contributed by atoms with Crippen LogP contribution in [0.25, 0.3) is 0 Å². The zero-order chi connectivity index (χ0) is 19.1. The van der Waals surface area contributed by atoms with Gasteiger partial charge in [-0.15, -0.1) is 0 Å². The number of nitrogens with zero attached hydrogens (tertiary/aromatic N) is 2. The molecule has 1 aliphatic rings. The van der Waals surface area contributed by atoms with Gasteiger partial charge in [-0.2, -0.15) is 0 Å². The molecule has 0 radical (unpaired) electrons. The number of ether oxygens (including phenoxy) is 2. The van der Waals surface area contributed by atoms with Crippen LogP contribution in [-0.4, -0.2) is 62.8 Å². The predicted octanol–water partition coefficient (Wildman–Crippen LogP) is 3.10. The normalized spacial score (nSPS) is 14.7. The number of carbonyl (C=O) groups excluding carboxylic acids is 1. The molecule has 0 spiro atoms. The lowest BCUT2D eigenvalue weighted by molar-refractivity contribution is 0.148. The van der Waals surface area contributed by atoms with Gasteiger partial charge in [0.2, 0.25) is 0 Å². The van der Waals surface area contributed by atoms with Crippen molar-refractivity contribution in [1.29, 1.82) is 0 Å². The molecular weight excluding hydrogens is 342 g/mol. The van der Waals surface area contributed by atoms with Crippen molar-refractivity contribution in [3.8, 4) is 11.5 Å². The molecule has 6 heteroatoms. The molecule has 0 unspecified atom stereocenters. The molecule has 2 aromatic carbocycles. The molecule has 3 rings (SSSR count). The van der Waals surface area contributed by atoms with Crippen LogP contribution in [0.3, 0.4) is 0 Å². The van der Waals surface area contributed by atoms with Crippen molar-refractivity contribution in [1.82, 2.24) is 9.80 Å². The van der Waals surface area contributed by atoms with Crippen LogP contribution >= 0.6 is 0 Å². The van der Waals surface area contributed by atoms with E-state index in [0.717, 1.165) is 56.3 Å². The maximum absolute atomic E-state index is 12.5. The van der Waals surface area contributed by atoms with Crippen molar-refractivity contribution < 1.29 is 14.3 Å². The number of hydrogen-bond donors (Lipinski definition) is 1. The van der Waals surface area contributed by atoms with E-state index >= 15 is 0 Å². The fraction of sp³-hybridized carbons (Fsp3) is 0.381. The smallest absolute Gasteiger partial charge is 0.321 e. The zero-order valence-electron chi connectivity index (χ0n) is 16.0. The zero-order valence-corrected chi connectivity index (χ0v) is 16.0. The summed E-state index contributed by atoms with van der Waals surface area (Å²) in [4.78, 5) is 16.7. The van der Waals surface area contributed by atoms with Crippen molar-refractivity contribution in [2.75, 3.05) is 52.3 Å². The SMILES string of the molecule is COc1cccc(NC(=O)N2CCN(CCc3ccccc3OC)CC2)c1. The summed E-state index contributed by atoms with van der Waals surface area (Å²) in [5.41, 5.74) is 1.97. The molecule has 6 nitrogen and oxygen atoms in total. The highest BCUT2D eigenvalue weighted by atomic mass is 16.5. The Morgan fingerprint density at radius 3 is 2.52 bits per heavy atom. The number of urea groups is 1. The molecule has 1 aliphatic heterocycles. The molecular formula is C21H27N3O3. The first-order valence-electron chi connectivity index (χ1n) is 9.24. The Labute approximate surface area is 160 Å². The minimum absolute atomic E-state index is 0.0624. The van der Waals surface area contributed by atoms with Gasteiger partial charge in [0.1, 0.15) is 11.5 Å². The highest BCUT2D eigenvalue weighted by Crippen LogP contribution is 2.19. The Kier molecular flexibility index (Phi) is 6.54. The maximum Gasteiger partial charge on any atom is 0.321 e. The average Bonchev–Trinajstić information content (AvgIpc) is 2.73. The third kappa shape index (κ3) is 5.14. The van der Waals surface area contributed by atoms with E-state index in [4.69, 9.17) is 9.47 Å². The number of para-hydroxylation sites is 1. The number of rotatable bonds is 6. The van der Waals surface area contributed by atoms with Gasteiger partial charge in [-0.25, -0.2) is 4.79 Å². The van der Waals surface area contributed by atoms with Crippen LogP contribution in [0, 0.1) is 0 Å². The third-order valence-electron chi connectivity index (χ3n) is 4.87. The quantitative estimate of drug-likeness (QED) is 0.850. The van der Waals surface area contributed by atoms with Gasteiger partial charge in [-0.3, -0.25) is 4.90 Å². The Hall–Kier alpha value is -2.73. The Bertz CT molecular complexity index is 758. The average molecular weight is 369 g/mol. The molecule has 1 saturated heterocycles. The molecule has 0 aliphatic carbocycles. The maximum atomic E-state index is 12.5. The van der Waals surface area contributed by atoms with Crippen molar-refractivity contribution >= 4 is 11.7 Å².